The maximum Gasteiger partial charge on any atom is 0.321 e. The fraction of sp³-hybridized carbons (Fsp3) is 0.190. The number of nitrogens with zero attached hydrogens (tertiary/aromatic N) is 3. The molecule has 2 aromatic heterocycles. The van der Waals surface area contributed by atoms with Gasteiger partial charge in [-0.25, -0.2) is 0 Å². The molecule has 0 aliphatic rings. The first-order chi connectivity index (χ1) is 13.8. The Balaban J connectivity index is 1.53. The number of fused-ring (bicyclic) bond motifs is 1. The van der Waals surface area contributed by atoms with Crippen molar-refractivity contribution in [1.29, 1.82) is 0 Å². The zero-order valence-electron chi connectivity index (χ0n) is 15.7. The molecule has 0 saturated heterocycles. The van der Waals surface area contributed by atoms with Crippen LogP contribution >= 0.6 is 11.3 Å². The van der Waals surface area contributed by atoms with Crippen LogP contribution in [0, 0.1) is 0 Å². The summed E-state index contributed by atoms with van der Waals surface area (Å²) < 4.78 is 11.7. The minimum atomic E-state index is 0.298. The molecular formula is C21H20N4O2S. The predicted molar refractivity (Wildman–Crippen MR) is 112 cm³/mol. The lowest BCUT2D eigenvalue weighted by Gasteiger charge is -2.08. The van der Waals surface area contributed by atoms with Gasteiger partial charge in [-0.1, -0.05) is 30.3 Å². The summed E-state index contributed by atoms with van der Waals surface area (Å²) in [6.07, 6.45) is 0.842. The third-order valence-corrected chi connectivity index (χ3v) is 5.34. The standard InChI is InChI=1S/C21H20N4O2S/c1-26-15-9-7-14(8-10-15)11-12-22-20-23-19(24-21(25-20)27-2)17-13-28-18-6-4-3-5-16(17)18/h3-10,13H,11-12H2,1-2H3,(H,22,23,24,25). The minimum absolute atomic E-state index is 0.298. The highest BCUT2D eigenvalue weighted by Gasteiger charge is 2.13. The van der Waals surface area contributed by atoms with Crippen molar-refractivity contribution in [1.82, 2.24) is 15.0 Å². The molecule has 0 atom stereocenters. The van der Waals surface area contributed by atoms with Gasteiger partial charge in [-0.2, -0.15) is 15.0 Å². The van der Waals surface area contributed by atoms with Crippen molar-refractivity contribution in [3.8, 4) is 23.1 Å². The van der Waals surface area contributed by atoms with Gasteiger partial charge in [0.2, 0.25) is 5.95 Å². The van der Waals surface area contributed by atoms with Crippen molar-refractivity contribution in [3.05, 3.63) is 59.5 Å². The lowest BCUT2D eigenvalue weighted by Crippen LogP contribution is -2.10. The van der Waals surface area contributed by atoms with Crippen molar-refractivity contribution in [2.24, 2.45) is 0 Å². The third-order valence-electron chi connectivity index (χ3n) is 4.38. The number of anilines is 1. The molecule has 4 aromatic rings. The maximum atomic E-state index is 5.28. The molecule has 0 spiro atoms. The number of rotatable bonds is 7. The molecule has 7 heteroatoms. The molecular weight excluding hydrogens is 372 g/mol. The van der Waals surface area contributed by atoms with Crippen LogP contribution in [0.2, 0.25) is 0 Å². The number of methoxy groups -OCH3 is 2. The van der Waals surface area contributed by atoms with Gasteiger partial charge in [0.05, 0.1) is 14.2 Å². The second-order valence-corrected chi connectivity index (χ2v) is 7.05. The molecule has 2 heterocycles. The maximum absolute atomic E-state index is 5.28. The van der Waals surface area contributed by atoms with E-state index < -0.39 is 0 Å². The van der Waals surface area contributed by atoms with Crippen LogP contribution in [0.15, 0.2) is 53.9 Å². The smallest absolute Gasteiger partial charge is 0.321 e. The highest BCUT2D eigenvalue weighted by atomic mass is 32.1. The quantitative estimate of drug-likeness (QED) is 0.502. The molecule has 0 radical (unpaired) electrons. The topological polar surface area (TPSA) is 69.2 Å². The Kier molecular flexibility index (Phi) is 5.34. The van der Waals surface area contributed by atoms with Gasteiger partial charge in [-0.3, -0.25) is 0 Å². The Morgan fingerprint density at radius 1 is 0.929 bits per heavy atom. The molecule has 1 N–H and O–H groups in total. The normalized spacial score (nSPS) is 10.8. The van der Waals surface area contributed by atoms with Crippen LogP contribution in [0.5, 0.6) is 11.8 Å². The first-order valence-electron chi connectivity index (χ1n) is 8.90. The van der Waals surface area contributed by atoms with E-state index in [1.54, 1.807) is 25.6 Å². The summed E-state index contributed by atoms with van der Waals surface area (Å²) in [4.78, 5) is 13.4. The summed E-state index contributed by atoms with van der Waals surface area (Å²) in [6, 6.07) is 16.5. The molecule has 0 amide bonds. The average molecular weight is 392 g/mol. The SMILES string of the molecule is COc1ccc(CCNc2nc(OC)nc(-c3csc4ccccc34)n2)cc1. The number of nitrogens with one attached hydrogen (secondary N) is 1. The van der Waals surface area contributed by atoms with E-state index in [9.17, 15) is 0 Å². The lowest BCUT2D eigenvalue weighted by molar-refractivity contribution is 0.379. The number of ether oxygens (including phenoxy) is 2. The van der Waals surface area contributed by atoms with Crippen molar-refractivity contribution in [2.75, 3.05) is 26.1 Å². The Morgan fingerprint density at radius 3 is 2.54 bits per heavy atom. The van der Waals surface area contributed by atoms with E-state index in [-0.39, 0.29) is 0 Å². The Hall–Kier alpha value is -3.19. The van der Waals surface area contributed by atoms with Crippen LogP contribution in [-0.2, 0) is 6.42 Å². The number of hydrogen-bond donors (Lipinski definition) is 1. The molecule has 28 heavy (non-hydrogen) atoms. The van der Waals surface area contributed by atoms with Gasteiger partial charge < -0.3 is 14.8 Å². The van der Waals surface area contributed by atoms with Gasteiger partial charge in [0, 0.05) is 27.6 Å². The van der Waals surface area contributed by atoms with Crippen molar-refractivity contribution < 1.29 is 9.47 Å². The molecule has 142 valence electrons. The molecule has 0 aliphatic carbocycles. The summed E-state index contributed by atoms with van der Waals surface area (Å²) in [6.45, 7) is 0.698. The van der Waals surface area contributed by atoms with Gasteiger partial charge in [-0.05, 0) is 30.2 Å². The number of hydrogen-bond acceptors (Lipinski definition) is 7. The fourth-order valence-corrected chi connectivity index (χ4v) is 3.85. The number of aromatic nitrogens is 3. The highest BCUT2D eigenvalue weighted by Crippen LogP contribution is 2.32. The zero-order chi connectivity index (χ0) is 19.3. The Morgan fingerprint density at radius 2 is 1.75 bits per heavy atom. The Labute approximate surface area is 167 Å². The van der Waals surface area contributed by atoms with E-state index in [1.807, 2.05) is 24.3 Å². The third kappa shape index (κ3) is 3.89. The van der Waals surface area contributed by atoms with Crippen LogP contribution in [0.1, 0.15) is 5.56 Å². The summed E-state index contributed by atoms with van der Waals surface area (Å²) >= 11 is 1.67. The van der Waals surface area contributed by atoms with E-state index in [0.717, 1.165) is 23.1 Å². The zero-order valence-corrected chi connectivity index (χ0v) is 16.5. The van der Waals surface area contributed by atoms with Crippen LogP contribution in [0.25, 0.3) is 21.5 Å². The highest BCUT2D eigenvalue weighted by molar-refractivity contribution is 7.17. The molecule has 4 rings (SSSR count). The molecule has 2 aromatic carbocycles. The predicted octanol–water partition coefficient (Wildman–Crippen LogP) is 4.43. The van der Waals surface area contributed by atoms with Crippen molar-refractivity contribution in [3.63, 3.8) is 0 Å². The first kappa shape index (κ1) is 18.2. The minimum Gasteiger partial charge on any atom is -0.497 e. The molecule has 0 saturated carbocycles. The number of thiophene rings is 1. The first-order valence-corrected chi connectivity index (χ1v) is 9.78. The second-order valence-electron chi connectivity index (χ2n) is 6.14. The fourth-order valence-electron chi connectivity index (χ4n) is 2.91. The summed E-state index contributed by atoms with van der Waals surface area (Å²) in [7, 11) is 3.23. The van der Waals surface area contributed by atoms with Crippen LogP contribution in [0.4, 0.5) is 5.95 Å². The largest absolute Gasteiger partial charge is 0.497 e. The van der Waals surface area contributed by atoms with E-state index in [2.05, 4.69) is 49.9 Å². The summed E-state index contributed by atoms with van der Waals surface area (Å²) in [5.41, 5.74) is 2.19. The number of benzene rings is 2. The Bertz CT molecular complexity index is 1080. The van der Waals surface area contributed by atoms with Gasteiger partial charge in [0.25, 0.3) is 0 Å². The van der Waals surface area contributed by atoms with Gasteiger partial charge in [0.15, 0.2) is 5.82 Å². The lowest BCUT2D eigenvalue weighted by atomic mass is 10.1. The van der Waals surface area contributed by atoms with Crippen molar-refractivity contribution >= 4 is 27.4 Å². The molecule has 0 bridgehead atoms. The average Bonchev–Trinajstić information content (AvgIpc) is 3.18. The van der Waals surface area contributed by atoms with E-state index in [4.69, 9.17) is 9.47 Å². The van der Waals surface area contributed by atoms with Crippen LogP contribution in [0.3, 0.4) is 0 Å². The van der Waals surface area contributed by atoms with Gasteiger partial charge in [-0.15, -0.1) is 11.3 Å². The van der Waals surface area contributed by atoms with Crippen molar-refractivity contribution in [2.45, 2.75) is 6.42 Å². The van der Waals surface area contributed by atoms with Gasteiger partial charge >= 0.3 is 6.01 Å². The van der Waals surface area contributed by atoms with E-state index >= 15 is 0 Å². The summed E-state index contributed by atoms with van der Waals surface area (Å²) in [5, 5.41) is 6.48. The molecule has 6 nitrogen and oxygen atoms in total. The monoisotopic (exact) mass is 392 g/mol. The molecule has 0 unspecified atom stereocenters. The van der Waals surface area contributed by atoms with E-state index in [0.29, 0.717) is 24.3 Å². The van der Waals surface area contributed by atoms with Crippen LogP contribution < -0.4 is 14.8 Å². The molecule has 0 aliphatic heterocycles. The molecule has 0 fully saturated rings. The van der Waals surface area contributed by atoms with Crippen LogP contribution in [-0.4, -0.2) is 35.7 Å². The van der Waals surface area contributed by atoms with E-state index in [1.165, 1.54) is 10.3 Å². The van der Waals surface area contributed by atoms with Gasteiger partial charge in [0.1, 0.15) is 5.75 Å². The second kappa shape index (κ2) is 8.22. The summed E-state index contributed by atoms with van der Waals surface area (Å²) in [5.74, 6) is 1.97.